The van der Waals surface area contributed by atoms with Crippen LogP contribution in [-0.4, -0.2) is 130 Å². The Morgan fingerprint density at radius 3 is 1.75 bits per heavy atom. The van der Waals surface area contributed by atoms with Crippen LogP contribution in [0.25, 0.3) is 0 Å². The van der Waals surface area contributed by atoms with Crippen LogP contribution in [0, 0.1) is 29.3 Å². The molecule has 7 amide bonds. The highest BCUT2D eigenvalue weighted by Gasteiger charge is 2.39. The summed E-state index contributed by atoms with van der Waals surface area (Å²) in [6, 6.07) is -9.62. The Hall–Kier alpha value is -6.04. The van der Waals surface area contributed by atoms with Crippen LogP contribution in [0.3, 0.4) is 0 Å². The quantitative estimate of drug-likeness (QED) is 0.0209. The molecule has 1 aromatic carbocycles. The molecular formula is C39H60F3N11O10. The number of carbonyl (C=O) groups excluding carboxylic acids is 7. The number of aliphatic hydroxyl groups is 1. The van der Waals surface area contributed by atoms with Gasteiger partial charge in [0.2, 0.25) is 41.4 Å². The highest BCUT2D eigenvalue weighted by atomic mass is 19.2. The van der Waals surface area contributed by atoms with Gasteiger partial charge in [-0.25, -0.2) is 18.0 Å². The highest BCUT2D eigenvalue weighted by Crippen LogP contribution is 2.20. The van der Waals surface area contributed by atoms with Gasteiger partial charge in [-0.2, -0.15) is 0 Å². The molecule has 1 aromatic rings. The fraction of sp³-hybridized carbons (Fsp3) is 0.615. The normalized spacial score (nSPS) is 16.5. The lowest BCUT2D eigenvalue weighted by molar-refractivity contribution is -0.149. The van der Waals surface area contributed by atoms with E-state index in [1.54, 1.807) is 27.7 Å². The molecule has 0 saturated carbocycles. The van der Waals surface area contributed by atoms with Gasteiger partial charge in [0.05, 0.1) is 13.0 Å². The van der Waals surface area contributed by atoms with Crippen LogP contribution in [0.5, 0.6) is 0 Å². The molecule has 1 fully saturated rings. The van der Waals surface area contributed by atoms with E-state index in [-0.39, 0.29) is 69.1 Å². The van der Waals surface area contributed by atoms with Gasteiger partial charge in [-0.15, -0.1) is 0 Å². The Kier molecular flexibility index (Phi) is 21.2. The van der Waals surface area contributed by atoms with Gasteiger partial charge < -0.3 is 64.6 Å². The molecule has 0 spiro atoms. The van der Waals surface area contributed by atoms with Gasteiger partial charge in [-0.1, -0.05) is 27.7 Å². The minimum atomic E-state index is -1.74. The summed E-state index contributed by atoms with van der Waals surface area (Å²) in [6.07, 6.45) is -1.10. The maximum atomic E-state index is 14.7. The number of amides is 7. The average molecular weight is 900 g/mol. The van der Waals surface area contributed by atoms with Crippen molar-refractivity contribution in [1.29, 1.82) is 0 Å². The SMILES string of the molecule is CC(C)C[C@H](NC(=O)[C@H](CC(C)C)NC(=O)[C@H](Cc1cc(F)c(F)cc1F)NC(=O)[C@@H](N)CO)C(=O)N[C@@H](CCCN=C(N)N)C(=O)N[C@@H](CC(N)=O)C(=O)N1CCC[C@H]1C(=O)O. The van der Waals surface area contributed by atoms with Crippen LogP contribution in [0.4, 0.5) is 13.2 Å². The van der Waals surface area contributed by atoms with Crippen LogP contribution in [0.2, 0.25) is 0 Å². The lowest BCUT2D eigenvalue weighted by Crippen LogP contribution is -2.60. The number of likely N-dealkylation sites (tertiary alicyclic amines) is 1. The van der Waals surface area contributed by atoms with Gasteiger partial charge >= 0.3 is 5.97 Å². The van der Waals surface area contributed by atoms with Crippen molar-refractivity contribution in [3.05, 3.63) is 35.1 Å². The molecule has 0 bridgehead atoms. The lowest BCUT2D eigenvalue weighted by atomic mass is 9.98. The second-order valence-electron chi connectivity index (χ2n) is 16.1. The highest BCUT2D eigenvalue weighted by molar-refractivity contribution is 5.98. The molecule has 24 heteroatoms. The number of primary amides is 1. The Bertz CT molecular complexity index is 1850. The molecule has 21 nitrogen and oxygen atoms in total. The topological polar surface area (TPSA) is 357 Å². The number of aliphatic carboxylic acids is 1. The van der Waals surface area contributed by atoms with Gasteiger partial charge in [0.25, 0.3) is 0 Å². The maximum absolute atomic E-state index is 14.7. The summed E-state index contributed by atoms with van der Waals surface area (Å²) in [5, 5.41) is 31.2. The number of hydrogen-bond acceptors (Lipinski definition) is 11. The molecule has 0 unspecified atom stereocenters. The van der Waals surface area contributed by atoms with E-state index in [0.29, 0.717) is 12.5 Å². The summed E-state index contributed by atoms with van der Waals surface area (Å²) in [5.74, 6) is -13.1. The second kappa shape index (κ2) is 25.2. The monoisotopic (exact) mass is 899 g/mol. The molecule has 1 heterocycles. The first-order valence-corrected chi connectivity index (χ1v) is 20.3. The standard InChI is InChI=1S/C39H60F3N11O10/c1-18(2)11-26(34(58)48-25(7-5-9-47-39(45)46)33(57)52-29(16-31(44)55)37(61)53-10-6-8-30(53)38(62)63)50-35(59)27(12-19(3)4)51-36(60)28(49-32(56)24(43)17-54)14-20-13-22(41)23(42)15-21(20)40/h13,15,18-19,24-30,54H,5-12,14,16-17,43H2,1-4H3,(H2,44,55)(H,48,58)(H,49,56)(H,50,59)(H,51,60)(H,52,57)(H,62,63)(H4,45,46,47)/t24-,25-,26-,27-,28-,29-,30-/m0/s1. The van der Waals surface area contributed by atoms with E-state index in [0.717, 1.165) is 4.90 Å². The molecule has 2 rings (SSSR count). The molecule has 0 radical (unpaired) electrons. The van der Waals surface area contributed by atoms with E-state index in [1.807, 2.05) is 0 Å². The summed E-state index contributed by atoms with van der Waals surface area (Å²) in [4.78, 5) is 110. The van der Waals surface area contributed by atoms with Crippen molar-refractivity contribution in [2.75, 3.05) is 19.7 Å². The maximum Gasteiger partial charge on any atom is 0.326 e. The second-order valence-corrected chi connectivity index (χ2v) is 16.1. The summed E-state index contributed by atoms with van der Waals surface area (Å²) in [6.45, 7) is 6.04. The number of guanidine groups is 1. The molecular weight excluding hydrogens is 839 g/mol. The smallest absolute Gasteiger partial charge is 0.326 e. The predicted octanol–water partition coefficient (Wildman–Crippen LogP) is -2.51. The average Bonchev–Trinajstić information content (AvgIpc) is 3.69. The number of nitrogens with zero attached hydrogens (tertiary/aromatic N) is 2. The van der Waals surface area contributed by atoms with Crippen molar-refractivity contribution in [2.45, 2.75) is 121 Å². The minimum absolute atomic E-state index is 0.00143. The number of nitrogens with two attached hydrogens (primary N) is 4. The minimum Gasteiger partial charge on any atom is -0.480 e. The van der Waals surface area contributed by atoms with Gasteiger partial charge in [0, 0.05) is 25.6 Å². The number of aliphatic imine (C=N–C) groups is 1. The first-order chi connectivity index (χ1) is 29.4. The van der Waals surface area contributed by atoms with Gasteiger partial charge in [-0.3, -0.25) is 38.6 Å². The number of nitrogens with one attached hydrogen (secondary N) is 5. The van der Waals surface area contributed by atoms with E-state index < -0.39 is 132 Å². The zero-order chi connectivity index (χ0) is 47.7. The van der Waals surface area contributed by atoms with Crippen molar-refractivity contribution >= 4 is 53.3 Å². The number of halogens is 3. The molecule has 15 N–H and O–H groups in total. The molecule has 63 heavy (non-hydrogen) atoms. The number of rotatable bonds is 25. The number of carbonyl (C=O) groups is 8. The van der Waals surface area contributed by atoms with E-state index >= 15 is 0 Å². The Morgan fingerprint density at radius 1 is 0.746 bits per heavy atom. The van der Waals surface area contributed by atoms with Crippen molar-refractivity contribution in [3.63, 3.8) is 0 Å². The lowest BCUT2D eigenvalue weighted by Gasteiger charge is -2.29. The zero-order valence-corrected chi connectivity index (χ0v) is 35.6. The fourth-order valence-corrected chi connectivity index (χ4v) is 6.67. The van der Waals surface area contributed by atoms with E-state index in [1.165, 1.54) is 0 Å². The number of carboxylic acid groups (broad SMARTS) is 1. The zero-order valence-electron chi connectivity index (χ0n) is 35.6. The number of aliphatic hydroxyl groups excluding tert-OH is 1. The molecule has 0 aliphatic carbocycles. The molecule has 0 aromatic heterocycles. The molecule has 7 atom stereocenters. The first kappa shape index (κ1) is 53.1. The van der Waals surface area contributed by atoms with Crippen LogP contribution in [-0.2, 0) is 44.8 Å². The molecule has 352 valence electrons. The summed E-state index contributed by atoms with van der Waals surface area (Å²) < 4.78 is 42.5. The Labute approximate surface area is 362 Å². The molecule has 1 aliphatic rings. The molecule has 1 saturated heterocycles. The van der Waals surface area contributed by atoms with Crippen molar-refractivity contribution in [3.8, 4) is 0 Å². The summed E-state index contributed by atoms with van der Waals surface area (Å²) >= 11 is 0. The van der Waals surface area contributed by atoms with Crippen molar-refractivity contribution in [2.24, 2.45) is 39.8 Å². The first-order valence-electron chi connectivity index (χ1n) is 20.3. The predicted molar refractivity (Wildman–Crippen MR) is 220 cm³/mol. The van der Waals surface area contributed by atoms with Crippen molar-refractivity contribution in [1.82, 2.24) is 31.5 Å². The number of hydrogen-bond donors (Lipinski definition) is 11. The van der Waals surface area contributed by atoms with Gasteiger partial charge in [0.15, 0.2) is 17.6 Å². The summed E-state index contributed by atoms with van der Waals surface area (Å²) in [7, 11) is 0. The Balaban J connectivity index is 2.44. The van der Waals surface area contributed by atoms with Gasteiger partial charge in [0.1, 0.15) is 48.1 Å². The number of benzene rings is 1. The largest absolute Gasteiger partial charge is 0.480 e. The van der Waals surface area contributed by atoms with E-state index in [9.17, 15) is 61.7 Å². The van der Waals surface area contributed by atoms with Crippen LogP contribution < -0.4 is 49.5 Å². The van der Waals surface area contributed by atoms with E-state index in [2.05, 4.69) is 31.6 Å². The third-order valence-electron chi connectivity index (χ3n) is 9.78. The van der Waals surface area contributed by atoms with Gasteiger partial charge in [-0.05, 0) is 62.0 Å². The summed E-state index contributed by atoms with van der Waals surface area (Å²) in [5.41, 5.74) is 21.3. The van der Waals surface area contributed by atoms with Crippen LogP contribution in [0.1, 0.15) is 78.2 Å². The van der Waals surface area contributed by atoms with E-state index in [4.69, 9.17) is 22.9 Å². The number of carboxylic acids is 1. The Morgan fingerprint density at radius 2 is 1.24 bits per heavy atom. The van der Waals surface area contributed by atoms with Crippen molar-refractivity contribution < 1.29 is 61.7 Å². The third kappa shape index (κ3) is 17.3. The van der Waals surface area contributed by atoms with Crippen LogP contribution in [0.15, 0.2) is 17.1 Å². The fourth-order valence-electron chi connectivity index (χ4n) is 6.67. The third-order valence-corrected chi connectivity index (χ3v) is 9.78. The van der Waals surface area contributed by atoms with Crippen LogP contribution >= 0.6 is 0 Å². The molecule has 1 aliphatic heterocycles.